The van der Waals surface area contributed by atoms with Gasteiger partial charge in [-0.05, 0) is 20.8 Å². The van der Waals surface area contributed by atoms with Crippen molar-refractivity contribution in [3.63, 3.8) is 0 Å². The summed E-state index contributed by atoms with van der Waals surface area (Å²) in [5.41, 5.74) is -1.48. The summed E-state index contributed by atoms with van der Waals surface area (Å²) >= 11 is 0. The average Bonchev–Trinajstić information content (AvgIpc) is 2.51. The van der Waals surface area contributed by atoms with Crippen LogP contribution < -0.4 is 18.9 Å². The maximum Gasteiger partial charge on any atom is 1.00 e. The second kappa shape index (κ2) is 15.5. The van der Waals surface area contributed by atoms with Gasteiger partial charge in [-0.1, -0.05) is 12.2 Å². The number of carbonyl (C=O) groups is 3. The number of allylic oxidation sites excluding steroid dienone is 2. The van der Waals surface area contributed by atoms with Crippen LogP contribution in [-0.4, -0.2) is 55.0 Å². The molecule has 150 valence electrons. The van der Waals surface area contributed by atoms with E-state index in [1.165, 1.54) is 31.2 Å². The van der Waals surface area contributed by atoms with E-state index < -0.39 is 33.4 Å². The fourth-order valence-electron chi connectivity index (χ4n) is 1.18. The van der Waals surface area contributed by atoms with Gasteiger partial charge in [-0.15, -0.1) is 0 Å². The van der Waals surface area contributed by atoms with Crippen molar-refractivity contribution >= 4 is 28.0 Å². The van der Waals surface area contributed by atoms with Crippen molar-refractivity contribution in [3.8, 4) is 0 Å². The molecule has 0 aliphatic rings. The summed E-state index contributed by atoms with van der Waals surface area (Å²) in [5, 5.41) is 9.10. The molecular weight excluding hydrogens is 375 g/mol. The molecule has 0 spiro atoms. The molecule has 0 amide bonds. The molecule has 0 saturated carbocycles. The van der Waals surface area contributed by atoms with Crippen molar-refractivity contribution in [1.82, 2.24) is 0 Å². The third-order valence-electron chi connectivity index (χ3n) is 2.59. The van der Waals surface area contributed by atoms with Crippen LogP contribution in [0.4, 0.5) is 0 Å². The van der Waals surface area contributed by atoms with Gasteiger partial charge in [-0.3, -0.25) is 9.35 Å². The van der Waals surface area contributed by atoms with E-state index in [2.05, 4.69) is 6.92 Å². The number of hydrogen-bond acceptors (Lipinski definition) is 7. The molecular formula is C16H25LiO9S. The molecule has 2 N–H and O–H groups in total. The topological polar surface area (TPSA) is 144 Å². The number of rotatable bonds is 9. The van der Waals surface area contributed by atoms with Crippen LogP contribution in [0.5, 0.6) is 0 Å². The fraction of sp³-hybridized carbons (Fsp3) is 0.500. The number of carboxylic acids is 1. The normalized spacial score (nSPS) is 13.1. The van der Waals surface area contributed by atoms with Crippen molar-refractivity contribution in [2.75, 3.05) is 19.0 Å². The van der Waals surface area contributed by atoms with E-state index in [-0.39, 0.29) is 44.2 Å². The SMILES string of the molecule is CC=CC(=O)OCC(C)(COC(=O)C=CC)C(=O)O.[CH2-]CCS(=O)(=O)O.[Li+]. The summed E-state index contributed by atoms with van der Waals surface area (Å²) in [6, 6.07) is 0. The minimum atomic E-state index is -3.74. The quantitative estimate of drug-likeness (QED) is 0.154. The van der Waals surface area contributed by atoms with Gasteiger partial charge >= 0.3 is 36.8 Å². The Balaban J connectivity index is -0.000000612. The van der Waals surface area contributed by atoms with Crippen molar-refractivity contribution in [1.29, 1.82) is 0 Å². The van der Waals surface area contributed by atoms with E-state index in [0.29, 0.717) is 0 Å². The predicted molar refractivity (Wildman–Crippen MR) is 93.7 cm³/mol. The first-order chi connectivity index (χ1) is 11.9. The number of carbonyl (C=O) groups excluding carboxylic acids is 2. The first-order valence-electron chi connectivity index (χ1n) is 7.48. The van der Waals surface area contributed by atoms with Crippen LogP contribution in [0.25, 0.3) is 0 Å². The molecule has 0 aromatic carbocycles. The van der Waals surface area contributed by atoms with Gasteiger partial charge in [0.1, 0.15) is 18.6 Å². The summed E-state index contributed by atoms with van der Waals surface area (Å²) < 4.78 is 37.0. The van der Waals surface area contributed by atoms with Crippen LogP contribution in [0.1, 0.15) is 27.2 Å². The summed E-state index contributed by atoms with van der Waals surface area (Å²) in [5.74, 6) is -2.74. The van der Waals surface area contributed by atoms with Crippen LogP contribution in [0.3, 0.4) is 0 Å². The van der Waals surface area contributed by atoms with Crippen LogP contribution in [0.2, 0.25) is 0 Å². The Hall–Kier alpha value is -1.60. The van der Waals surface area contributed by atoms with Gasteiger partial charge in [0.05, 0.1) is 0 Å². The van der Waals surface area contributed by atoms with Crippen LogP contribution in [-0.2, 0) is 34.0 Å². The zero-order chi connectivity index (χ0) is 20.8. The zero-order valence-electron chi connectivity index (χ0n) is 16.0. The van der Waals surface area contributed by atoms with Gasteiger partial charge < -0.3 is 21.5 Å². The first-order valence-corrected chi connectivity index (χ1v) is 9.09. The third kappa shape index (κ3) is 17.6. The molecule has 0 saturated heterocycles. The molecule has 27 heavy (non-hydrogen) atoms. The fourth-order valence-corrected chi connectivity index (χ4v) is 1.54. The van der Waals surface area contributed by atoms with Gasteiger partial charge in [0.25, 0.3) is 10.1 Å². The molecule has 0 bridgehead atoms. The Morgan fingerprint density at radius 3 is 1.59 bits per heavy atom. The molecule has 0 aromatic rings. The molecule has 0 rings (SSSR count). The molecule has 0 aliphatic carbocycles. The van der Waals surface area contributed by atoms with Gasteiger partial charge in [-0.2, -0.15) is 14.8 Å². The number of hydrogen-bond donors (Lipinski definition) is 2. The molecule has 0 unspecified atom stereocenters. The number of ether oxygens (including phenoxy) is 2. The Morgan fingerprint density at radius 2 is 1.41 bits per heavy atom. The Labute approximate surface area is 171 Å². The largest absolute Gasteiger partial charge is 1.00 e. The Morgan fingerprint density at radius 1 is 1.04 bits per heavy atom. The van der Waals surface area contributed by atoms with Gasteiger partial charge in [0.2, 0.25) is 0 Å². The average molecular weight is 400 g/mol. The Bertz CT molecular complexity index is 596. The predicted octanol–water partition coefficient (Wildman–Crippen LogP) is -1.58. The number of aliphatic carboxylic acids is 1. The maximum atomic E-state index is 11.1. The van der Waals surface area contributed by atoms with Gasteiger partial charge in [-0.25, -0.2) is 9.59 Å². The molecule has 0 aliphatic heterocycles. The first kappa shape index (κ1) is 30.1. The van der Waals surface area contributed by atoms with Gasteiger partial charge in [0, 0.05) is 17.9 Å². The van der Waals surface area contributed by atoms with Crippen molar-refractivity contribution in [2.45, 2.75) is 27.2 Å². The van der Waals surface area contributed by atoms with E-state index in [1.54, 1.807) is 13.8 Å². The second-order valence-corrected chi connectivity index (χ2v) is 6.79. The van der Waals surface area contributed by atoms with E-state index in [0.717, 1.165) is 0 Å². The van der Waals surface area contributed by atoms with Crippen LogP contribution >= 0.6 is 0 Å². The minimum absolute atomic E-state index is 0. The molecule has 0 fully saturated rings. The maximum absolute atomic E-state index is 11.1. The van der Waals surface area contributed by atoms with E-state index in [1.807, 2.05) is 0 Å². The summed E-state index contributed by atoms with van der Waals surface area (Å²) in [6.07, 6.45) is 5.53. The van der Waals surface area contributed by atoms with E-state index in [4.69, 9.17) is 19.1 Å². The molecule has 0 aromatic heterocycles. The summed E-state index contributed by atoms with van der Waals surface area (Å²) in [7, 11) is -3.74. The zero-order valence-corrected chi connectivity index (χ0v) is 16.8. The van der Waals surface area contributed by atoms with Crippen molar-refractivity contribution in [2.24, 2.45) is 5.41 Å². The smallest absolute Gasteiger partial charge is 0.481 e. The molecule has 0 heterocycles. The van der Waals surface area contributed by atoms with Crippen molar-refractivity contribution in [3.05, 3.63) is 31.2 Å². The van der Waals surface area contributed by atoms with Crippen LogP contribution in [0, 0.1) is 12.3 Å². The molecule has 11 heteroatoms. The van der Waals surface area contributed by atoms with E-state index in [9.17, 15) is 22.8 Å². The standard InChI is InChI=1S/C13H18O6.C3H7O3S.Li/c1-4-6-10(14)18-8-13(3,12(16)17)9-19-11(15)7-5-2;1-2-3-7(4,5)6;/h4-7H,8-9H2,1-3H3,(H,16,17);1-3H2,(H,4,5,6);/q;-1;+1. The molecule has 0 atom stereocenters. The van der Waals surface area contributed by atoms with Crippen molar-refractivity contribution < 1.29 is 60.8 Å². The van der Waals surface area contributed by atoms with Gasteiger partial charge in [0.15, 0.2) is 0 Å². The summed E-state index contributed by atoms with van der Waals surface area (Å²) in [4.78, 5) is 33.4. The molecule has 9 nitrogen and oxygen atoms in total. The molecule has 0 radical (unpaired) electrons. The Kier molecular flexibility index (Phi) is 17.2. The minimum Gasteiger partial charge on any atom is -0.481 e. The monoisotopic (exact) mass is 400 g/mol. The number of esters is 2. The van der Waals surface area contributed by atoms with E-state index >= 15 is 0 Å². The van der Waals surface area contributed by atoms with Crippen LogP contribution in [0.15, 0.2) is 24.3 Å². The second-order valence-electron chi connectivity index (χ2n) is 5.22. The number of carboxylic acid groups (broad SMARTS) is 1. The third-order valence-corrected chi connectivity index (χ3v) is 3.39. The summed E-state index contributed by atoms with van der Waals surface area (Å²) in [6.45, 7) is 7.08.